The van der Waals surface area contributed by atoms with Gasteiger partial charge < -0.3 is 13.4 Å². The summed E-state index contributed by atoms with van der Waals surface area (Å²) >= 11 is 0. The minimum atomic E-state index is 0.114. The van der Waals surface area contributed by atoms with Crippen LogP contribution in [0.5, 0.6) is 0 Å². The summed E-state index contributed by atoms with van der Waals surface area (Å²) in [5, 5.41) is 4.87. The second kappa shape index (κ2) is 9.48. The van der Waals surface area contributed by atoms with Crippen LogP contribution in [-0.4, -0.2) is 4.57 Å². The lowest BCUT2D eigenvalue weighted by molar-refractivity contribution is 0.518. The Morgan fingerprint density at radius 1 is 0.644 bits per heavy atom. The highest BCUT2D eigenvalue weighted by Crippen LogP contribution is 2.49. The lowest BCUT2D eigenvalue weighted by atomic mass is 9.80. The maximum atomic E-state index is 6.78. The summed E-state index contributed by atoms with van der Waals surface area (Å²) in [5.41, 5.74) is 11.7. The quantitative estimate of drug-likeness (QED) is 0.208. The highest BCUT2D eigenvalue weighted by molar-refractivity contribution is 6.15. The van der Waals surface area contributed by atoms with Crippen LogP contribution in [0.3, 0.4) is 0 Å². The number of furan rings is 2. The number of nitrogens with zero attached hydrogens (tertiary/aromatic N) is 1. The summed E-state index contributed by atoms with van der Waals surface area (Å²) in [6.07, 6.45) is 9.71. The first kappa shape index (κ1) is 24.9. The Morgan fingerprint density at radius 2 is 1.38 bits per heavy atom. The minimum absolute atomic E-state index is 0.114. The third-order valence-electron chi connectivity index (χ3n) is 9.83. The number of hydrogen-bond donors (Lipinski definition) is 0. The molecule has 0 radical (unpaired) electrons. The molecule has 0 spiro atoms. The van der Waals surface area contributed by atoms with Crippen LogP contribution in [0.2, 0.25) is 0 Å². The molecule has 2 aliphatic carbocycles. The predicted octanol–water partition coefficient (Wildman–Crippen LogP) is 11.3. The molecule has 3 aromatic heterocycles. The van der Waals surface area contributed by atoms with E-state index in [2.05, 4.69) is 138 Å². The van der Waals surface area contributed by atoms with E-state index in [0.717, 1.165) is 41.9 Å². The van der Waals surface area contributed by atoms with Crippen LogP contribution in [0.4, 0.5) is 0 Å². The number of hydrogen-bond acceptors (Lipinski definition) is 2. The molecule has 5 aromatic carbocycles. The topological polar surface area (TPSA) is 31.2 Å². The van der Waals surface area contributed by atoms with Crippen LogP contribution in [0.15, 0.2) is 130 Å². The number of para-hydroxylation sites is 2. The van der Waals surface area contributed by atoms with Gasteiger partial charge in [-0.25, -0.2) is 0 Å². The van der Waals surface area contributed by atoms with Gasteiger partial charge >= 0.3 is 0 Å². The van der Waals surface area contributed by atoms with Crippen molar-refractivity contribution in [1.82, 2.24) is 4.57 Å². The largest absolute Gasteiger partial charge is 0.460 e. The Hall–Kier alpha value is -5.54. The zero-order valence-corrected chi connectivity index (χ0v) is 24.7. The van der Waals surface area contributed by atoms with Crippen molar-refractivity contribution in [2.24, 2.45) is 0 Å². The van der Waals surface area contributed by atoms with E-state index in [-0.39, 0.29) is 5.92 Å². The molecule has 1 atom stereocenters. The van der Waals surface area contributed by atoms with Crippen molar-refractivity contribution in [3.05, 3.63) is 155 Å². The Kier molecular flexibility index (Phi) is 5.23. The molecule has 0 bridgehead atoms. The van der Waals surface area contributed by atoms with Crippen LogP contribution in [0, 0.1) is 0 Å². The van der Waals surface area contributed by atoms with Crippen molar-refractivity contribution in [2.45, 2.75) is 25.2 Å². The lowest BCUT2D eigenvalue weighted by Crippen LogP contribution is -2.07. The van der Waals surface area contributed by atoms with Crippen LogP contribution < -0.4 is 0 Å². The molecule has 0 N–H and O–H groups in total. The minimum Gasteiger partial charge on any atom is -0.460 e. The molecule has 1 unspecified atom stereocenters. The van der Waals surface area contributed by atoms with Crippen molar-refractivity contribution in [2.75, 3.05) is 0 Å². The number of rotatable bonds is 3. The SMILES string of the molecule is C1=Cc2c(oc3ccc4oc5c(c4c23)C=C(c2ccc3c(c2)c2ccccc2n3-c2ccccc2)CC5c2ccccc2)CC1. The fourth-order valence-electron chi connectivity index (χ4n) is 7.80. The Bertz CT molecular complexity index is 2500. The molecule has 45 heavy (non-hydrogen) atoms. The third-order valence-corrected chi connectivity index (χ3v) is 9.83. The first-order chi connectivity index (χ1) is 22.3. The molecular formula is C42H29NO2. The molecule has 8 aromatic rings. The van der Waals surface area contributed by atoms with Gasteiger partial charge in [-0.05, 0) is 78.1 Å². The van der Waals surface area contributed by atoms with Gasteiger partial charge in [0.05, 0.1) is 11.0 Å². The molecule has 214 valence electrons. The van der Waals surface area contributed by atoms with Gasteiger partial charge in [-0.15, -0.1) is 0 Å². The van der Waals surface area contributed by atoms with Gasteiger partial charge in [0, 0.05) is 50.7 Å². The van der Waals surface area contributed by atoms with E-state index in [1.165, 1.54) is 66.1 Å². The summed E-state index contributed by atoms with van der Waals surface area (Å²) in [7, 11) is 0. The molecule has 3 heterocycles. The number of fused-ring (bicyclic) bond motifs is 10. The Morgan fingerprint density at radius 3 is 2.24 bits per heavy atom. The molecule has 0 aliphatic heterocycles. The summed E-state index contributed by atoms with van der Waals surface area (Å²) in [6, 6.07) is 41.4. The van der Waals surface area contributed by atoms with Crippen LogP contribution >= 0.6 is 0 Å². The van der Waals surface area contributed by atoms with Crippen molar-refractivity contribution in [3.8, 4) is 5.69 Å². The van der Waals surface area contributed by atoms with Gasteiger partial charge in [0.15, 0.2) is 0 Å². The Labute approximate surface area is 260 Å². The van der Waals surface area contributed by atoms with Crippen molar-refractivity contribution in [1.29, 1.82) is 0 Å². The van der Waals surface area contributed by atoms with Crippen LogP contribution in [0.25, 0.3) is 67.2 Å². The van der Waals surface area contributed by atoms with Crippen molar-refractivity contribution >= 4 is 61.5 Å². The number of aryl methyl sites for hydroxylation is 1. The monoisotopic (exact) mass is 579 g/mol. The molecule has 0 saturated heterocycles. The van der Waals surface area contributed by atoms with Crippen molar-refractivity contribution in [3.63, 3.8) is 0 Å². The Balaban J connectivity index is 1.23. The standard InChI is InChI=1S/C42H29NO2/c1-3-11-26(12-4-1)32-24-28(25-34-41-39(45-42(32)34)22-21-38-40(41)31-16-8-10-18-37(31)44-38)27-19-20-36-33(23-27)30-15-7-9-17-35(30)43(36)29-13-5-2-6-14-29/h1-9,11-17,19-23,25,32H,10,18,24H2. The average molecular weight is 580 g/mol. The summed E-state index contributed by atoms with van der Waals surface area (Å²) in [4.78, 5) is 0. The molecular weight excluding hydrogens is 550 g/mol. The highest BCUT2D eigenvalue weighted by Gasteiger charge is 2.31. The van der Waals surface area contributed by atoms with E-state index in [1.807, 2.05) is 0 Å². The van der Waals surface area contributed by atoms with Gasteiger partial charge in [0.1, 0.15) is 22.7 Å². The fourth-order valence-corrected chi connectivity index (χ4v) is 7.80. The number of allylic oxidation sites excluding steroid dienone is 2. The maximum Gasteiger partial charge on any atom is 0.135 e. The molecule has 0 saturated carbocycles. The fraction of sp³-hybridized carbons (Fsp3) is 0.0952. The maximum absolute atomic E-state index is 6.78. The van der Waals surface area contributed by atoms with Gasteiger partial charge in [0.25, 0.3) is 0 Å². The van der Waals surface area contributed by atoms with Gasteiger partial charge in [-0.1, -0.05) is 84.9 Å². The number of aromatic nitrogens is 1. The van der Waals surface area contributed by atoms with E-state index in [1.54, 1.807) is 0 Å². The summed E-state index contributed by atoms with van der Waals surface area (Å²) < 4.78 is 15.6. The first-order valence-electron chi connectivity index (χ1n) is 15.8. The van der Waals surface area contributed by atoms with E-state index < -0.39 is 0 Å². The molecule has 0 fully saturated rings. The average Bonchev–Trinajstić information content (AvgIpc) is 3.77. The molecule has 10 rings (SSSR count). The van der Waals surface area contributed by atoms with Gasteiger partial charge in [-0.2, -0.15) is 0 Å². The zero-order chi connectivity index (χ0) is 29.5. The highest BCUT2D eigenvalue weighted by atomic mass is 16.3. The molecule has 2 aliphatic rings. The zero-order valence-electron chi connectivity index (χ0n) is 24.7. The van der Waals surface area contributed by atoms with Gasteiger partial charge in [-0.3, -0.25) is 0 Å². The van der Waals surface area contributed by atoms with E-state index in [4.69, 9.17) is 8.83 Å². The van der Waals surface area contributed by atoms with Crippen molar-refractivity contribution < 1.29 is 8.83 Å². The first-order valence-corrected chi connectivity index (χ1v) is 15.8. The number of benzene rings is 5. The second-order valence-corrected chi connectivity index (χ2v) is 12.3. The summed E-state index contributed by atoms with van der Waals surface area (Å²) in [5.74, 6) is 2.24. The van der Waals surface area contributed by atoms with Crippen LogP contribution in [0.1, 0.15) is 52.5 Å². The molecule has 3 nitrogen and oxygen atoms in total. The van der Waals surface area contributed by atoms with Crippen LogP contribution in [-0.2, 0) is 6.42 Å². The van der Waals surface area contributed by atoms with E-state index in [9.17, 15) is 0 Å². The second-order valence-electron chi connectivity index (χ2n) is 12.3. The molecule has 0 amide bonds. The summed E-state index contributed by atoms with van der Waals surface area (Å²) in [6.45, 7) is 0. The molecule has 3 heteroatoms. The lowest BCUT2D eigenvalue weighted by Gasteiger charge is -2.23. The predicted molar refractivity (Wildman–Crippen MR) is 185 cm³/mol. The van der Waals surface area contributed by atoms with E-state index in [0.29, 0.717) is 0 Å². The van der Waals surface area contributed by atoms with E-state index >= 15 is 0 Å². The third kappa shape index (κ3) is 3.64. The van der Waals surface area contributed by atoms with Gasteiger partial charge in [0.2, 0.25) is 0 Å². The normalized spacial score (nSPS) is 16.0. The smallest absolute Gasteiger partial charge is 0.135 e.